The zero-order valence-corrected chi connectivity index (χ0v) is 11.4. The van der Waals surface area contributed by atoms with Gasteiger partial charge in [-0.15, -0.1) is 0 Å². The van der Waals surface area contributed by atoms with Crippen molar-refractivity contribution in [3.8, 4) is 0 Å². The van der Waals surface area contributed by atoms with Gasteiger partial charge in [0, 0.05) is 26.3 Å². The third kappa shape index (κ3) is 9.09. The molecule has 0 amide bonds. The molecule has 0 aliphatic heterocycles. The maximum absolute atomic E-state index is 5.40. The van der Waals surface area contributed by atoms with Crippen LogP contribution in [0, 0.1) is 5.92 Å². The van der Waals surface area contributed by atoms with Gasteiger partial charge in [-0.2, -0.15) is 0 Å². The second kappa shape index (κ2) is 10.0. The van der Waals surface area contributed by atoms with Crippen molar-refractivity contribution in [2.75, 3.05) is 26.3 Å². The van der Waals surface area contributed by atoms with Gasteiger partial charge in [0.25, 0.3) is 0 Å². The normalized spacial score (nSPS) is 17.1. The molecule has 2 atom stereocenters. The first-order valence-corrected chi connectivity index (χ1v) is 6.30. The molecule has 0 bridgehead atoms. The molecule has 4 heteroatoms. The van der Waals surface area contributed by atoms with Gasteiger partial charge in [-0.3, -0.25) is 10.6 Å². The van der Waals surface area contributed by atoms with E-state index in [-0.39, 0.29) is 12.5 Å². The summed E-state index contributed by atoms with van der Waals surface area (Å²) in [6, 6.07) is 0. The minimum absolute atomic E-state index is 0.136. The van der Waals surface area contributed by atoms with Gasteiger partial charge in [-0.1, -0.05) is 6.92 Å². The third-order valence-corrected chi connectivity index (χ3v) is 2.34. The second-order valence-corrected chi connectivity index (χ2v) is 4.12. The number of hydrogen-bond donors (Lipinski definition) is 2. The van der Waals surface area contributed by atoms with E-state index >= 15 is 0 Å². The van der Waals surface area contributed by atoms with Crippen LogP contribution in [0.3, 0.4) is 0 Å². The lowest BCUT2D eigenvalue weighted by atomic mass is 10.2. The summed E-state index contributed by atoms with van der Waals surface area (Å²) < 4.78 is 10.8. The fourth-order valence-corrected chi connectivity index (χ4v) is 1.42. The zero-order chi connectivity index (χ0) is 12.4. The van der Waals surface area contributed by atoms with Crippen LogP contribution in [0.15, 0.2) is 0 Å². The van der Waals surface area contributed by atoms with Gasteiger partial charge in [0.2, 0.25) is 0 Å². The first kappa shape index (κ1) is 15.8. The molecule has 2 unspecified atom stereocenters. The van der Waals surface area contributed by atoms with Gasteiger partial charge in [-0.05, 0) is 33.6 Å². The van der Waals surface area contributed by atoms with E-state index in [2.05, 4.69) is 17.6 Å². The monoisotopic (exact) mass is 232 g/mol. The Hall–Kier alpha value is -0.160. The highest BCUT2D eigenvalue weighted by atomic mass is 16.5. The van der Waals surface area contributed by atoms with Gasteiger partial charge in [-0.25, -0.2) is 0 Å². The smallest absolute Gasteiger partial charge is 0.105 e. The van der Waals surface area contributed by atoms with E-state index in [1.807, 2.05) is 27.7 Å². The Kier molecular flexibility index (Phi) is 9.92. The molecule has 0 aromatic heterocycles. The standard InChI is InChI=1S/C12H28N2O2/c1-6-15-11(4)13-8-10(3)9-14-12(5)16-7-2/h10-14H,6-9H2,1-5H3. The van der Waals surface area contributed by atoms with Crippen LogP contribution in [0.5, 0.6) is 0 Å². The summed E-state index contributed by atoms with van der Waals surface area (Å²) in [6.45, 7) is 13.7. The molecule has 98 valence electrons. The Balaban J connectivity index is 3.46. The highest BCUT2D eigenvalue weighted by Crippen LogP contribution is 1.94. The van der Waals surface area contributed by atoms with Crippen molar-refractivity contribution in [3.05, 3.63) is 0 Å². The van der Waals surface area contributed by atoms with Crippen molar-refractivity contribution < 1.29 is 9.47 Å². The molecule has 0 spiro atoms. The lowest BCUT2D eigenvalue weighted by Crippen LogP contribution is -2.38. The van der Waals surface area contributed by atoms with E-state index in [0.717, 1.165) is 26.3 Å². The maximum Gasteiger partial charge on any atom is 0.105 e. The molecule has 0 aliphatic carbocycles. The Labute approximate surface area is 100 Å². The fraction of sp³-hybridized carbons (Fsp3) is 1.00. The third-order valence-electron chi connectivity index (χ3n) is 2.34. The summed E-state index contributed by atoms with van der Waals surface area (Å²) in [7, 11) is 0. The Morgan fingerprint density at radius 2 is 1.19 bits per heavy atom. The fourth-order valence-electron chi connectivity index (χ4n) is 1.42. The predicted octanol–water partition coefficient (Wildman–Crippen LogP) is 1.57. The number of hydrogen-bond acceptors (Lipinski definition) is 4. The zero-order valence-electron chi connectivity index (χ0n) is 11.4. The number of nitrogens with one attached hydrogen (secondary N) is 2. The van der Waals surface area contributed by atoms with E-state index in [1.165, 1.54) is 0 Å². The molecule has 0 saturated heterocycles. The van der Waals surface area contributed by atoms with Gasteiger partial charge in [0.1, 0.15) is 12.5 Å². The lowest BCUT2D eigenvalue weighted by molar-refractivity contribution is 0.0418. The molecule has 0 aromatic carbocycles. The molecule has 0 fully saturated rings. The molecule has 0 heterocycles. The summed E-state index contributed by atoms with van der Waals surface area (Å²) in [5.74, 6) is 0.561. The molecule has 4 nitrogen and oxygen atoms in total. The van der Waals surface area contributed by atoms with E-state index in [9.17, 15) is 0 Å². The summed E-state index contributed by atoms with van der Waals surface area (Å²) in [4.78, 5) is 0. The summed E-state index contributed by atoms with van der Waals surface area (Å²) in [5.41, 5.74) is 0. The molecular formula is C12H28N2O2. The first-order chi connectivity index (χ1) is 7.60. The van der Waals surface area contributed by atoms with E-state index < -0.39 is 0 Å². The summed E-state index contributed by atoms with van der Waals surface area (Å²) in [6.07, 6.45) is 0.272. The van der Waals surface area contributed by atoms with Crippen LogP contribution in [0.4, 0.5) is 0 Å². The van der Waals surface area contributed by atoms with Crippen LogP contribution in [0.2, 0.25) is 0 Å². The van der Waals surface area contributed by atoms with Crippen molar-refractivity contribution in [1.29, 1.82) is 0 Å². The average Bonchev–Trinajstić information content (AvgIpc) is 2.24. The van der Waals surface area contributed by atoms with Crippen LogP contribution in [0.1, 0.15) is 34.6 Å². The van der Waals surface area contributed by atoms with Gasteiger partial charge < -0.3 is 9.47 Å². The van der Waals surface area contributed by atoms with Crippen molar-refractivity contribution in [2.24, 2.45) is 5.92 Å². The SMILES string of the molecule is CCOC(C)NCC(C)CNC(C)OCC. The topological polar surface area (TPSA) is 42.5 Å². The van der Waals surface area contributed by atoms with Crippen LogP contribution in [0.25, 0.3) is 0 Å². The minimum Gasteiger partial charge on any atom is -0.364 e. The average molecular weight is 232 g/mol. The Morgan fingerprint density at radius 3 is 1.50 bits per heavy atom. The molecular weight excluding hydrogens is 204 g/mol. The van der Waals surface area contributed by atoms with Gasteiger partial charge in [0.05, 0.1) is 0 Å². The molecule has 16 heavy (non-hydrogen) atoms. The minimum atomic E-state index is 0.136. The van der Waals surface area contributed by atoms with Crippen LogP contribution >= 0.6 is 0 Å². The van der Waals surface area contributed by atoms with Crippen molar-refractivity contribution in [2.45, 2.75) is 47.1 Å². The van der Waals surface area contributed by atoms with Crippen molar-refractivity contribution >= 4 is 0 Å². The highest BCUT2D eigenvalue weighted by molar-refractivity contribution is 4.62. The van der Waals surface area contributed by atoms with E-state index in [0.29, 0.717) is 5.92 Å². The lowest BCUT2D eigenvalue weighted by Gasteiger charge is -2.20. The Morgan fingerprint density at radius 1 is 0.812 bits per heavy atom. The molecule has 2 N–H and O–H groups in total. The highest BCUT2D eigenvalue weighted by Gasteiger charge is 2.07. The molecule has 0 radical (unpaired) electrons. The van der Waals surface area contributed by atoms with Crippen LogP contribution in [-0.4, -0.2) is 38.8 Å². The van der Waals surface area contributed by atoms with E-state index in [1.54, 1.807) is 0 Å². The van der Waals surface area contributed by atoms with Crippen molar-refractivity contribution in [3.63, 3.8) is 0 Å². The Bertz CT molecular complexity index is 140. The quantitative estimate of drug-likeness (QED) is 0.561. The molecule has 0 rings (SSSR count). The summed E-state index contributed by atoms with van der Waals surface area (Å²) >= 11 is 0. The number of rotatable bonds is 10. The molecule has 0 aliphatic rings. The first-order valence-electron chi connectivity index (χ1n) is 6.30. The van der Waals surface area contributed by atoms with E-state index in [4.69, 9.17) is 9.47 Å². The van der Waals surface area contributed by atoms with Gasteiger partial charge >= 0.3 is 0 Å². The summed E-state index contributed by atoms with van der Waals surface area (Å²) in [5, 5.41) is 6.67. The molecule has 0 aromatic rings. The van der Waals surface area contributed by atoms with Crippen LogP contribution < -0.4 is 10.6 Å². The van der Waals surface area contributed by atoms with Crippen LogP contribution in [-0.2, 0) is 9.47 Å². The van der Waals surface area contributed by atoms with Gasteiger partial charge in [0.15, 0.2) is 0 Å². The number of ether oxygens (including phenoxy) is 2. The second-order valence-electron chi connectivity index (χ2n) is 4.12. The predicted molar refractivity (Wildman–Crippen MR) is 67.3 cm³/mol. The van der Waals surface area contributed by atoms with Crippen molar-refractivity contribution in [1.82, 2.24) is 10.6 Å². The molecule has 0 saturated carbocycles. The largest absolute Gasteiger partial charge is 0.364 e. The maximum atomic E-state index is 5.40.